The number of carbonyl (C=O) groups is 5. The summed E-state index contributed by atoms with van der Waals surface area (Å²) in [6.45, 7) is 5.67. The fourth-order valence-electron chi connectivity index (χ4n) is 0. The molecule has 0 aliphatic carbocycles. The Balaban J connectivity index is -0.0000000625. The summed E-state index contributed by atoms with van der Waals surface area (Å²) < 4.78 is 0. The third-order valence-corrected chi connectivity index (χ3v) is 1.71. The Bertz CT molecular complexity index is 396. The van der Waals surface area contributed by atoms with Gasteiger partial charge in [0.1, 0.15) is 0 Å². The van der Waals surface area contributed by atoms with Gasteiger partial charge in [-0.25, -0.2) is 0 Å². The van der Waals surface area contributed by atoms with E-state index in [1.165, 1.54) is 0 Å². The second kappa shape index (κ2) is 25.9. The van der Waals surface area contributed by atoms with Gasteiger partial charge in [0.2, 0.25) is 0 Å². The monoisotopic (exact) mass is 626 g/mol. The molecule has 0 bridgehead atoms. The molecule has 0 amide bonds. The van der Waals surface area contributed by atoms with Crippen LogP contribution < -0.4 is 25.5 Å². The minimum absolute atomic E-state index is 0. The maximum Gasteiger partial charge on any atom is 5.00 e. The predicted molar refractivity (Wildman–Crippen MR) is 83.4 cm³/mol. The van der Waals surface area contributed by atoms with Crippen molar-refractivity contribution >= 4 is 29.8 Å². The van der Waals surface area contributed by atoms with Crippen LogP contribution in [0.5, 0.6) is 0 Å². The summed E-state index contributed by atoms with van der Waals surface area (Å²) in [4.78, 5) is 46.7. The second-order valence-electron chi connectivity index (χ2n) is 4.98. The average molecular weight is 626 g/mol. The maximum atomic E-state index is 9.34. The smallest absolute Gasteiger partial charge is 0.547 e. The molecule has 15 nitrogen and oxygen atoms in total. The number of carboxylic acids is 5. The molecule has 0 fully saturated rings. The van der Waals surface area contributed by atoms with E-state index >= 15 is 0 Å². The number of carboxylic acid groups (broad SMARTS) is 5. The summed E-state index contributed by atoms with van der Waals surface area (Å²) in [5.74, 6) is -7.18. The molecule has 0 saturated heterocycles. The fraction of sp³-hybridized carbons (Fsp3) is 0.667. The van der Waals surface area contributed by atoms with Gasteiger partial charge in [-0.05, 0) is 34.6 Å². The Hall–Kier alpha value is -2.11. The Morgan fingerprint density at radius 2 is 0.452 bits per heavy atom. The van der Waals surface area contributed by atoms with E-state index < -0.39 is 60.4 Å². The molecular weight excluding hydrogens is 601 g/mol. The van der Waals surface area contributed by atoms with Crippen molar-refractivity contribution < 1.29 is 97.4 Å². The Morgan fingerprint density at radius 3 is 0.452 bits per heavy atom. The van der Waals surface area contributed by atoms with Gasteiger partial charge in [0.15, 0.2) is 0 Å². The van der Waals surface area contributed by atoms with Crippen LogP contribution >= 0.6 is 0 Å². The summed E-state index contributed by atoms with van der Waals surface area (Å²) in [6, 6.07) is 0. The SMILES string of the molecule is CC(O)C(=O)[O-].CC(O)C(=O)[O-].CC(O)C(=O)[O-].CC(O)C(=O)[O-].CC(O)C(=O)[O-].[Ta+5]. The summed E-state index contributed by atoms with van der Waals surface area (Å²) >= 11 is 0. The van der Waals surface area contributed by atoms with Crippen molar-refractivity contribution in [1.29, 1.82) is 0 Å². The molecule has 0 aromatic heterocycles. The van der Waals surface area contributed by atoms with E-state index in [4.69, 9.17) is 25.5 Å². The molecule has 180 valence electrons. The van der Waals surface area contributed by atoms with Gasteiger partial charge >= 0.3 is 22.4 Å². The van der Waals surface area contributed by atoms with Crippen LogP contribution in [0.15, 0.2) is 0 Å². The first-order valence-electron chi connectivity index (χ1n) is 7.66. The molecule has 16 heteroatoms. The molecule has 5 N–H and O–H groups in total. The zero-order valence-corrected chi connectivity index (χ0v) is 20.4. The summed E-state index contributed by atoms with van der Waals surface area (Å²) in [7, 11) is 0. The van der Waals surface area contributed by atoms with E-state index in [2.05, 4.69) is 0 Å². The van der Waals surface area contributed by atoms with Crippen molar-refractivity contribution in [2.45, 2.75) is 65.1 Å². The third kappa shape index (κ3) is 58.4. The number of aliphatic hydroxyl groups is 5. The quantitative estimate of drug-likeness (QED) is 0.189. The van der Waals surface area contributed by atoms with Crippen molar-refractivity contribution in [1.82, 2.24) is 0 Å². The van der Waals surface area contributed by atoms with Crippen LogP contribution in [0.4, 0.5) is 0 Å². The Kier molecular flexibility index (Phi) is 35.9. The number of carbonyl (C=O) groups excluding carboxylic acids is 5. The van der Waals surface area contributed by atoms with E-state index in [9.17, 15) is 49.5 Å². The normalized spacial score (nSPS) is 13.2. The maximum absolute atomic E-state index is 9.34. The Labute approximate surface area is 192 Å². The first kappa shape index (κ1) is 42.9. The minimum atomic E-state index is -1.44. The van der Waals surface area contributed by atoms with Gasteiger partial charge < -0.3 is 75.0 Å². The van der Waals surface area contributed by atoms with Crippen molar-refractivity contribution in [2.75, 3.05) is 0 Å². The molecule has 0 saturated carbocycles. The van der Waals surface area contributed by atoms with E-state index in [1.807, 2.05) is 0 Å². The minimum Gasteiger partial charge on any atom is -0.547 e. The first-order valence-corrected chi connectivity index (χ1v) is 7.66. The first-order chi connectivity index (χ1) is 13.2. The average Bonchev–Trinajstić information content (AvgIpc) is 2.56. The van der Waals surface area contributed by atoms with E-state index in [-0.39, 0.29) is 22.4 Å². The second-order valence-corrected chi connectivity index (χ2v) is 4.98. The summed E-state index contributed by atoms with van der Waals surface area (Å²) in [5, 5.41) is 86.5. The zero-order chi connectivity index (χ0) is 25.8. The topological polar surface area (TPSA) is 302 Å². The molecule has 5 atom stereocenters. The molecule has 0 radical (unpaired) electrons. The van der Waals surface area contributed by atoms with Crippen LogP contribution in [0.25, 0.3) is 0 Å². The van der Waals surface area contributed by atoms with Crippen LogP contribution in [0, 0.1) is 0 Å². The van der Waals surface area contributed by atoms with Crippen LogP contribution in [0.3, 0.4) is 0 Å². The van der Waals surface area contributed by atoms with Gasteiger partial charge in [-0.2, -0.15) is 0 Å². The molecule has 5 unspecified atom stereocenters. The number of aliphatic hydroxyl groups excluding tert-OH is 5. The van der Waals surface area contributed by atoms with Gasteiger partial charge in [-0.1, -0.05) is 0 Å². The van der Waals surface area contributed by atoms with E-state index in [1.54, 1.807) is 0 Å². The van der Waals surface area contributed by atoms with Gasteiger partial charge in [0, 0.05) is 0 Å². The van der Waals surface area contributed by atoms with Gasteiger partial charge in [0.25, 0.3) is 0 Å². The van der Waals surface area contributed by atoms with Crippen LogP contribution in [-0.4, -0.2) is 85.9 Å². The number of aliphatic carboxylic acids is 5. The van der Waals surface area contributed by atoms with Crippen LogP contribution in [0.1, 0.15) is 34.6 Å². The van der Waals surface area contributed by atoms with Crippen molar-refractivity contribution in [3.05, 3.63) is 0 Å². The number of hydrogen-bond acceptors (Lipinski definition) is 15. The van der Waals surface area contributed by atoms with Crippen LogP contribution in [0.2, 0.25) is 0 Å². The molecule has 31 heavy (non-hydrogen) atoms. The summed E-state index contributed by atoms with van der Waals surface area (Å²) in [5.41, 5.74) is 0. The van der Waals surface area contributed by atoms with Crippen molar-refractivity contribution in [2.24, 2.45) is 0 Å². The van der Waals surface area contributed by atoms with Gasteiger partial charge in [-0.15, -0.1) is 0 Å². The van der Waals surface area contributed by atoms with E-state index in [0.717, 1.165) is 34.6 Å². The zero-order valence-electron chi connectivity index (χ0n) is 17.2. The third-order valence-electron chi connectivity index (χ3n) is 1.71. The molecule has 0 aromatic rings. The van der Waals surface area contributed by atoms with Crippen molar-refractivity contribution in [3.63, 3.8) is 0 Å². The molecule has 0 rings (SSSR count). The predicted octanol–water partition coefficient (Wildman–Crippen LogP) is -9.42. The van der Waals surface area contributed by atoms with Crippen molar-refractivity contribution in [3.8, 4) is 0 Å². The summed E-state index contributed by atoms with van der Waals surface area (Å²) in [6.07, 6.45) is -6.71. The molecular formula is C15H25O15Ta. The van der Waals surface area contributed by atoms with Gasteiger partial charge in [0.05, 0.1) is 60.4 Å². The number of hydrogen-bond donors (Lipinski definition) is 5. The largest absolute Gasteiger partial charge is 5.00 e. The van der Waals surface area contributed by atoms with Gasteiger partial charge in [-0.3, -0.25) is 0 Å². The Morgan fingerprint density at radius 1 is 0.419 bits per heavy atom. The fourth-order valence-corrected chi connectivity index (χ4v) is 0. The molecule has 0 aliphatic heterocycles. The molecule has 0 aromatic carbocycles. The van der Waals surface area contributed by atoms with E-state index in [0.29, 0.717) is 0 Å². The molecule has 0 aliphatic rings. The standard InChI is InChI=1S/5C3H6O3.Ta/c5*1-2(4)3(5)6;/h5*2,4H,1H3,(H,5,6);/q;;;;;+5/p-5. The molecule has 0 heterocycles. The van der Waals surface area contributed by atoms with Crippen LogP contribution in [-0.2, 0) is 46.4 Å². The molecule has 0 spiro atoms. The number of rotatable bonds is 5.